The van der Waals surface area contributed by atoms with Crippen LogP contribution in [0, 0.1) is 5.92 Å². The first kappa shape index (κ1) is 92.6. The van der Waals surface area contributed by atoms with Gasteiger partial charge in [0.05, 0.1) is 57.4 Å². The predicted molar refractivity (Wildman–Crippen MR) is 443 cm³/mol. The summed E-state index contributed by atoms with van der Waals surface area (Å²) in [5.74, 6) is -14.4. The maximum atomic E-state index is 16.3. The number of aromatic hydroxyl groups is 3. The summed E-state index contributed by atoms with van der Waals surface area (Å²) in [5, 5.41) is 123. The van der Waals surface area contributed by atoms with Crippen molar-refractivity contribution < 1.29 is 112 Å². The van der Waals surface area contributed by atoms with Crippen LogP contribution in [0.2, 0.25) is 20.1 Å². The summed E-state index contributed by atoms with van der Waals surface area (Å²) in [6.07, 6.45) is -18.7. The summed E-state index contributed by atoms with van der Waals surface area (Å²) in [5.41, 5.74) is 20.3. The second-order valence-corrected chi connectivity index (χ2v) is 31.6. The van der Waals surface area contributed by atoms with Crippen LogP contribution in [0.15, 0.2) is 126 Å². The summed E-state index contributed by atoms with van der Waals surface area (Å²) >= 11 is 26.7. The number of nitrogens with zero attached hydrogens (tertiary/aromatic N) is 3. The lowest BCUT2D eigenvalue weighted by molar-refractivity contribution is -0.327. The molecule has 41 heteroatoms. The molecule has 8 amide bonds. The van der Waals surface area contributed by atoms with Crippen LogP contribution in [0.25, 0.3) is 21.6 Å². The minimum absolute atomic E-state index is 0. The third-order valence-electron chi connectivity index (χ3n) is 20.9. The van der Waals surface area contributed by atoms with Crippen LogP contribution in [0.3, 0.4) is 0 Å². The number of hydrogen-bond acceptors (Lipinski definition) is 27. The number of benzene rings is 7. The van der Waals surface area contributed by atoms with Crippen molar-refractivity contribution in [3.05, 3.63) is 191 Å². The topological polar surface area (TPSA) is 572 Å². The van der Waals surface area contributed by atoms with E-state index in [0.717, 1.165) is 71.8 Å². The fraction of sp³-hybridized carbons (Fsp3) is 0.390. The highest BCUT2D eigenvalue weighted by Crippen LogP contribution is 2.50. The van der Waals surface area contributed by atoms with E-state index in [-0.39, 0.29) is 85.5 Å². The lowest BCUT2D eigenvalue weighted by Crippen LogP contribution is -2.62. The van der Waals surface area contributed by atoms with E-state index in [4.69, 9.17) is 91.0 Å². The Balaban J connectivity index is 0.0000147. The molecule has 2 fully saturated rings. The normalized spacial score (nSPS) is 25.4. The Kier molecular flexibility index (Phi) is 30.5. The van der Waals surface area contributed by atoms with Gasteiger partial charge in [0.2, 0.25) is 59.3 Å². The Morgan fingerprint density at radius 2 is 1.32 bits per heavy atom. The molecule has 7 heterocycles. The highest BCUT2D eigenvalue weighted by molar-refractivity contribution is 6.42. The Hall–Kier alpha value is -11.1. The highest BCUT2D eigenvalue weighted by atomic mass is 35.5. The third-order valence-corrected chi connectivity index (χ3v) is 22.2. The lowest BCUT2D eigenvalue weighted by atomic mass is 9.89. The Bertz CT molecular complexity index is 5170. The molecule has 0 spiro atoms. The van der Waals surface area contributed by atoms with Gasteiger partial charge in [-0.3, -0.25) is 38.4 Å². The van der Waals surface area contributed by atoms with Crippen molar-refractivity contribution in [1.29, 1.82) is 0 Å². The molecule has 37 nitrogen and oxygen atoms in total. The molecular weight excluding hydrogens is 1690 g/mol. The number of carbonyl (C=O) groups is 8. The smallest absolute Gasteiger partial charge is 0.248 e. The van der Waals surface area contributed by atoms with Gasteiger partial charge < -0.3 is 133 Å². The van der Waals surface area contributed by atoms with E-state index in [0.29, 0.717) is 15.8 Å². The average molecular weight is 1780 g/mol. The van der Waals surface area contributed by atoms with Crippen molar-refractivity contribution in [2.45, 2.75) is 170 Å². The van der Waals surface area contributed by atoms with Gasteiger partial charge in [0.25, 0.3) is 0 Å². The minimum atomic E-state index is -2.37. The molecule has 123 heavy (non-hydrogen) atoms. The van der Waals surface area contributed by atoms with Gasteiger partial charge in [-0.05, 0) is 150 Å². The first-order valence-corrected chi connectivity index (χ1v) is 39.9. The maximum Gasteiger partial charge on any atom is 0.248 e. The zero-order valence-electron chi connectivity index (χ0n) is 65.4. The molecule has 10 unspecified atom stereocenters. The van der Waals surface area contributed by atoms with Gasteiger partial charge in [0.1, 0.15) is 102 Å². The predicted octanol–water partition coefficient (Wildman–Crippen LogP) is 5.38. The lowest BCUT2D eigenvalue weighted by Gasteiger charge is -2.45. The average Bonchev–Trinajstić information content (AvgIpc) is 0.764. The number of amides is 8. The van der Waals surface area contributed by atoms with Gasteiger partial charge in [-0.25, -0.2) is 0 Å². The number of nitrogens with one attached hydrogen (secondary N) is 9. The van der Waals surface area contributed by atoms with E-state index in [1.54, 1.807) is 49.4 Å². The molecule has 7 aromatic rings. The number of ether oxygens (including phenoxy) is 7. The maximum absolute atomic E-state index is 16.3. The van der Waals surface area contributed by atoms with Gasteiger partial charge in [-0.2, -0.15) is 0 Å². The van der Waals surface area contributed by atoms with Crippen molar-refractivity contribution in [1.82, 2.24) is 47.9 Å². The standard InChI is InChI=1S/C81H88Cl4N14O23.CH4/c1-33(2)19-50(89-4)74(109)97-65-68(105)38-9-15-54(47(84)22-38)118-56-24-40-25-57(72(56)122-81-73(71(108)70(107)58(120-81)31-92-99-88)121-60-29-49(67(104)34(3)117-60)91-30-35-5-11-42(12-6-35)116-32-36-7-13-45(82)46(83)20-36)119-55-16-10-39(23-48(55)85)69(106)66-80(115)96-64(76(111)90-18-17-86)44-26-41(100)27-53(102)61(44)43-21-37(8-14-52(43)101)62(77(112)98-66)95-78(113)63(40)94-75(110)51(28-59(87)103)93-79(65)114;/h5-16,20-27,33-34,49-51,58,60,62-71,73,81,89,91,100-102,104-108H,17-19,28-32,86H2,1-4H3,(H2,87,103)(H,90,111)(H,93,114)(H,94,110)(H,95,113)(H,96,115)(H,97,109)(H,98,112);1H4/t34?,49?,50-,51+,58?,60?,62?,63-,64-,65-,66+,67?,68-,69-,70?,71?,73?,81?;/m1./s1. The number of fused-ring (bicyclic) bond motifs is 15. The molecule has 0 aromatic heterocycles. The van der Waals surface area contributed by atoms with Crippen LogP contribution in [-0.4, -0.2) is 194 Å². The molecule has 0 saturated carbocycles. The second-order valence-electron chi connectivity index (χ2n) is 29.9. The molecule has 18 atom stereocenters. The molecule has 7 aliphatic heterocycles. The van der Waals surface area contributed by atoms with E-state index in [1.807, 2.05) is 13.8 Å². The van der Waals surface area contributed by atoms with E-state index >= 15 is 24.0 Å². The molecule has 7 aromatic carbocycles. The fourth-order valence-corrected chi connectivity index (χ4v) is 15.3. The zero-order chi connectivity index (χ0) is 87.8. The number of nitrogens with two attached hydrogens (primary N) is 2. The number of azide groups is 1. The molecular formula is C82H92Cl4N14O23. The number of hydrogen-bond donors (Lipinski definition) is 19. The summed E-state index contributed by atoms with van der Waals surface area (Å²) in [6, 6.07) is 11.4. The van der Waals surface area contributed by atoms with Gasteiger partial charge in [-0.15, -0.1) is 0 Å². The molecule has 21 N–H and O–H groups in total. The van der Waals surface area contributed by atoms with Crippen LogP contribution >= 0.6 is 46.4 Å². The third kappa shape index (κ3) is 21.6. The van der Waals surface area contributed by atoms with Gasteiger partial charge in [-0.1, -0.05) is 109 Å². The number of aliphatic hydroxyl groups is 5. The molecule has 656 valence electrons. The highest BCUT2D eigenvalue weighted by Gasteiger charge is 2.51. The number of halogens is 4. The van der Waals surface area contributed by atoms with Crippen molar-refractivity contribution >= 4 is 93.7 Å². The summed E-state index contributed by atoms with van der Waals surface area (Å²) in [7, 11) is 1.48. The Morgan fingerprint density at radius 1 is 0.675 bits per heavy atom. The number of primary amides is 1. The zero-order valence-corrected chi connectivity index (χ0v) is 68.4. The summed E-state index contributed by atoms with van der Waals surface area (Å²) < 4.78 is 45.7. The van der Waals surface area contributed by atoms with Gasteiger partial charge in [0, 0.05) is 54.2 Å². The fourth-order valence-electron chi connectivity index (χ4n) is 14.6. The SMILES string of the molecule is C.CN[C@H](CC(C)C)C(=O)N[C@H]1C(=O)N[C@@H](CC(N)=O)C(=O)N[C@H]2C(=O)NC3C(=O)N[C@H](C(=O)N[C@@H](C(=O)NCCN)c4cc(O)cc(O)c4-c4cc3ccc4O)[C@H](O)c3ccc(c(Cl)c3)Oc3cc2cc(c3OC2OC(CN=[N+]=[N-])C(O)C(O)C2OC2CC(NCc3ccc(OCc4ccc(Cl)c(Cl)c4)cc3)C(O)C(C)O2)Oc2ccc(cc2Cl)[C@H]1O. The van der Waals surface area contributed by atoms with Gasteiger partial charge in [0.15, 0.2) is 23.9 Å². The number of phenolic OH excluding ortho intramolecular Hbond substituents is 3. The number of phenols is 3. The van der Waals surface area contributed by atoms with Crippen molar-refractivity contribution in [2.75, 3.05) is 26.7 Å². The molecule has 2 saturated heterocycles. The molecule has 7 aliphatic rings. The Labute approximate surface area is 723 Å². The van der Waals surface area contributed by atoms with Crippen LogP contribution < -0.4 is 78.3 Å². The number of rotatable bonds is 22. The molecule has 0 aliphatic carbocycles. The molecule has 0 radical (unpaired) electrons. The first-order chi connectivity index (χ1) is 58.2. The molecule has 11 bridgehead atoms. The monoisotopic (exact) mass is 1780 g/mol. The van der Waals surface area contributed by atoms with Crippen molar-refractivity contribution in [2.24, 2.45) is 22.5 Å². The summed E-state index contributed by atoms with van der Waals surface area (Å²) in [6.45, 7) is 4.50. The number of carbonyl (C=O) groups excluding carboxylic acids is 8. The van der Waals surface area contributed by atoms with Gasteiger partial charge >= 0.3 is 0 Å². The van der Waals surface area contributed by atoms with Crippen LogP contribution in [0.1, 0.15) is 117 Å². The Morgan fingerprint density at radius 3 is 1.95 bits per heavy atom. The quantitative estimate of drug-likeness (QED) is 0.0230. The summed E-state index contributed by atoms with van der Waals surface area (Å²) in [4.78, 5) is 123. The van der Waals surface area contributed by atoms with Crippen LogP contribution in [0.5, 0.6) is 51.7 Å². The van der Waals surface area contributed by atoms with E-state index in [2.05, 4.69) is 57.9 Å². The molecule has 14 rings (SSSR count). The minimum Gasteiger partial charge on any atom is -0.508 e. The van der Waals surface area contributed by atoms with Crippen molar-refractivity contribution in [3.63, 3.8) is 0 Å². The van der Waals surface area contributed by atoms with E-state index in [1.165, 1.54) is 25.2 Å². The van der Waals surface area contributed by atoms with Crippen LogP contribution in [0.4, 0.5) is 0 Å². The van der Waals surface area contributed by atoms with Crippen molar-refractivity contribution in [3.8, 4) is 62.9 Å². The van der Waals surface area contributed by atoms with E-state index in [9.17, 15) is 60.8 Å². The number of likely N-dealkylation sites (N-methyl/N-ethyl adjacent to an activating group) is 1. The first-order valence-electron chi connectivity index (χ1n) is 38.4. The van der Waals surface area contributed by atoms with E-state index < -0.39 is 232 Å². The van der Waals surface area contributed by atoms with Crippen LogP contribution in [-0.2, 0) is 65.7 Å². The largest absolute Gasteiger partial charge is 0.508 e. The second kappa shape index (κ2) is 40.5. The number of aliphatic hydroxyl groups excluding tert-OH is 5.